The lowest BCUT2D eigenvalue weighted by Gasteiger charge is -2.34. The lowest BCUT2D eigenvalue weighted by Crippen LogP contribution is -2.45. The topological polar surface area (TPSA) is 62.2 Å². The molecule has 1 aromatic rings. The van der Waals surface area contributed by atoms with Gasteiger partial charge in [-0.05, 0) is 25.8 Å². The number of hydrogen-bond acceptors (Lipinski definition) is 5. The highest BCUT2D eigenvalue weighted by Gasteiger charge is 2.32. The van der Waals surface area contributed by atoms with E-state index in [2.05, 4.69) is 0 Å². The van der Waals surface area contributed by atoms with Gasteiger partial charge in [-0.3, -0.25) is 9.69 Å². The smallest absolute Gasteiger partial charge is 0.237 e. The minimum atomic E-state index is -0.524. The van der Waals surface area contributed by atoms with Gasteiger partial charge in [-0.2, -0.15) is 0 Å². The van der Waals surface area contributed by atoms with Gasteiger partial charge in [0.2, 0.25) is 5.91 Å². The van der Waals surface area contributed by atoms with Crippen molar-refractivity contribution in [1.82, 2.24) is 9.80 Å². The summed E-state index contributed by atoms with van der Waals surface area (Å²) < 4.78 is 11.0. The van der Waals surface area contributed by atoms with E-state index in [0.29, 0.717) is 32.2 Å². The minimum absolute atomic E-state index is 0.127. The van der Waals surface area contributed by atoms with Gasteiger partial charge in [-0.1, -0.05) is 25.3 Å². The molecule has 0 bridgehead atoms. The molecule has 1 heterocycles. The fraction of sp³-hybridized carbons (Fsp3) is 0.667. The molecule has 1 saturated heterocycles. The lowest BCUT2D eigenvalue weighted by atomic mass is 9.94. The second-order valence-corrected chi connectivity index (χ2v) is 7.75. The first-order valence-corrected chi connectivity index (χ1v) is 9.93. The van der Waals surface area contributed by atoms with Gasteiger partial charge in [-0.15, -0.1) is 0 Å². The number of nitrogens with zero attached hydrogens (tertiary/aromatic N) is 2. The van der Waals surface area contributed by atoms with Crippen LogP contribution in [0.25, 0.3) is 0 Å². The van der Waals surface area contributed by atoms with Crippen LogP contribution < -0.4 is 9.47 Å². The van der Waals surface area contributed by atoms with Crippen molar-refractivity contribution in [3.8, 4) is 11.5 Å². The molecule has 1 aliphatic carbocycles. The minimum Gasteiger partial charge on any atom is -0.496 e. The number of aliphatic hydroxyl groups excluding tert-OH is 1. The van der Waals surface area contributed by atoms with Gasteiger partial charge in [0.15, 0.2) is 0 Å². The molecule has 0 spiro atoms. The zero-order valence-corrected chi connectivity index (χ0v) is 16.7. The number of amides is 1. The molecule has 150 valence electrons. The Morgan fingerprint density at radius 3 is 2.52 bits per heavy atom. The monoisotopic (exact) mass is 376 g/mol. The molecule has 27 heavy (non-hydrogen) atoms. The molecule has 2 aliphatic rings. The van der Waals surface area contributed by atoms with E-state index in [1.165, 1.54) is 19.3 Å². The summed E-state index contributed by atoms with van der Waals surface area (Å²) in [6, 6.07) is 4.20. The molecule has 0 aromatic heterocycles. The van der Waals surface area contributed by atoms with Gasteiger partial charge in [-0.25, -0.2) is 0 Å². The zero-order valence-electron chi connectivity index (χ0n) is 16.7. The summed E-state index contributed by atoms with van der Waals surface area (Å²) in [5.74, 6) is 1.69. The fourth-order valence-corrected chi connectivity index (χ4v) is 4.50. The summed E-state index contributed by atoms with van der Waals surface area (Å²) in [7, 11) is 3.30. The average molecular weight is 376 g/mol. The average Bonchev–Trinajstić information content (AvgIpc) is 2.80. The molecular formula is C21H32N2O4. The molecular weight excluding hydrogens is 344 g/mol. The number of benzene rings is 1. The van der Waals surface area contributed by atoms with E-state index < -0.39 is 6.10 Å². The van der Waals surface area contributed by atoms with E-state index in [-0.39, 0.29) is 5.91 Å². The number of carbonyl (C=O) groups is 1. The first kappa shape index (κ1) is 20.0. The molecule has 2 fully saturated rings. The van der Waals surface area contributed by atoms with Gasteiger partial charge in [0.05, 0.1) is 26.9 Å². The highest BCUT2D eigenvalue weighted by molar-refractivity contribution is 5.79. The fourth-order valence-electron chi connectivity index (χ4n) is 4.50. The Balaban J connectivity index is 1.74. The van der Waals surface area contributed by atoms with Crippen molar-refractivity contribution in [3.05, 3.63) is 23.3 Å². The van der Waals surface area contributed by atoms with Crippen molar-refractivity contribution in [2.45, 2.75) is 57.7 Å². The van der Waals surface area contributed by atoms with Crippen molar-refractivity contribution in [2.75, 3.05) is 33.9 Å². The van der Waals surface area contributed by atoms with E-state index in [9.17, 15) is 9.90 Å². The molecule has 1 atom stereocenters. The normalized spacial score (nSPS) is 22.6. The number of carbonyl (C=O) groups excluding carboxylic acids is 1. The van der Waals surface area contributed by atoms with Crippen LogP contribution in [0.5, 0.6) is 11.5 Å². The third-order valence-corrected chi connectivity index (χ3v) is 5.83. The summed E-state index contributed by atoms with van der Waals surface area (Å²) in [6.07, 6.45) is 5.20. The molecule has 6 heteroatoms. The summed E-state index contributed by atoms with van der Waals surface area (Å²) in [4.78, 5) is 16.9. The maximum absolute atomic E-state index is 12.9. The van der Waals surface area contributed by atoms with E-state index in [0.717, 1.165) is 35.5 Å². The SMILES string of the molecule is COc1ccc(CN2CC(=O)N(C3CCCCC3)CC(O)C2)c(OC)c1C. The quantitative estimate of drug-likeness (QED) is 0.855. The van der Waals surface area contributed by atoms with Crippen molar-refractivity contribution in [2.24, 2.45) is 0 Å². The molecule has 6 nitrogen and oxygen atoms in total. The van der Waals surface area contributed by atoms with Crippen LogP contribution in [0.15, 0.2) is 12.1 Å². The Morgan fingerprint density at radius 2 is 1.85 bits per heavy atom. The number of hydrogen-bond donors (Lipinski definition) is 1. The number of methoxy groups -OCH3 is 2. The van der Waals surface area contributed by atoms with Crippen molar-refractivity contribution >= 4 is 5.91 Å². The van der Waals surface area contributed by atoms with Crippen LogP contribution in [0.4, 0.5) is 0 Å². The van der Waals surface area contributed by atoms with Crippen LogP contribution in [0.3, 0.4) is 0 Å². The summed E-state index contributed by atoms with van der Waals surface area (Å²) >= 11 is 0. The van der Waals surface area contributed by atoms with Gasteiger partial charge < -0.3 is 19.5 Å². The molecule has 3 rings (SSSR count). The maximum Gasteiger partial charge on any atom is 0.237 e. The highest BCUT2D eigenvalue weighted by Crippen LogP contribution is 2.32. The van der Waals surface area contributed by atoms with Gasteiger partial charge in [0, 0.05) is 36.8 Å². The largest absolute Gasteiger partial charge is 0.496 e. The van der Waals surface area contributed by atoms with Gasteiger partial charge >= 0.3 is 0 Å². The maximum atomic E-state index is 12.9. The number of aliphatic hydroxyl groups is 1. The Hall–Kier alpha value is -1.79. The van der Waals surface area contributed by atoms with Crippen molar-refractivity contribution in [3.63, 3.8) is 0 Å². The summed E-state index contributed by atoms with van der Waals surface area (Å²) in [5, 5.41) is 10.5. The van der Waals surface area contributed by atoms with Crippen molar-refractivity contribution < 1.29 is 19.4 Å². The van der Waals surface area contributed by atoms with Crippen LogP contribution in [0.1, 0.15) is 43.2 Å². The first-order chi connectivity index (χ1) is 13.0. The Labute approximate surface area is 162 Å². The summed E-state index contributed by atoms with van der Waals surface area (Å²) in [6.45, 7) is 3.80. The predicted octanol–water partition coefficient (Wildman–Crippen LogP) is 2.35. The second kappa shape index (κ2) is 8.93. The molecule has 1 aliphatic heterocycles. The molecule has 1 unspecified atom stereocenters. The molecule has 1 saturated carbocycles. The number of rotatable bonds is 5. The summed E-state index contributed by atoms with van der Waals surface area (Å²) in [5.41, 5.74) is 1.95. The molecule has 0 radical (unpaired) electrons. The van der Waals surface area contributed by atoms with Crippen LogP contribution in [0, 0.1) is 6.92 Å². The Bertz CT molecular complexity index is 658. The van der Waals surface area contributed by atoms with Gasteiger partial charge in [0.1, 0.15) is 11.5 Å². The predicted molar refractivity (Wildman–Crippen MR) is 104 cm³/mol. The third kappa shape index (κ3) is 4.55. The second-order valence-electron chi connectivity index (χ2n) is 7.75. The molecule has 1 aromatic carbocycles. The van der Waals surface area contributed by atoms with Crippen LogP contribution in [-0.2, 0) is 11.3 Å². The van der Waals surface area contributed by atoms with Gasteiger partial charge in [0.25, 0.3) is 0 Å². The zero-order chi connectivity index (χ0) is 19.4. The van der Waals surface area contributed by atoms with Crippen LogP contribution in [0.2, 0.25) is 0 Å². The van der Waals surface area contributed by atoms with E-state index in [4.69, 9.17) is 9.47 Å². The van der Waals surface area contributed by atoms with Crippen LogP contribution in [-0.4, -0.2) is 66.8 Å². The van der Waals surface area contributed by atoms with E-state index >= 15 is 0 Å². The molecule has 1 N–H and O–H groups in total. The third-order valence-electron chi connectivity index (χ3n) is 5.83. The van der Waals surface area contributed by atoms with E-state index in [1.54, 1.807) is 14.2 Å². The highest BCUT2D eigenvalue weighted by atomic mass is 16.5. The standard InChI is InChI=1S/C21H32N2O4/c1-15-19(26-2)10-9-16(21(15)27-3)11-22-12-18(24)13-23(20(25)14-22)17-7-5-4-6-8-17/h9-10,17-18,24H,4-8,11-14H2,1-3H3. The Kier molecular flexibility index (Phi) is 6.60. The lowest BCUT2D eigenvalue weighted by molar-refractivity contribution is -0.134. The first-order valence-electron chi connectivity index (χ1n) is 9.93. The Morgan fingerprint density at radius 1 is 1.11 bits per heavy atom. The number of β-amino-alcohol motifs (C(OH)–C–C–N with tert-alkyl or cyclic N) is 1. The molecule has 1 amide bonds. The van der Waals surface area contributed by atoms with Crippen molar-refractivity contribution in [1.29, 1.82) is 0 Å². The van der Waals surface area contributed by atoms with E-state index in [1.807, 2.05) is 28.9 Å². The number of ether oxygens (including phenoxy) is 2. The van der Waals surface area contributed by atoms with Crippen LogP contribution >= 0.6 is 0 Å².